The number of nitro groups is 1. The third kappa shape index (κ3) is 2.87. The topological polar surface area (TPSA) is 103 Å². The Labute approximate surface area is 99.2 Å². The van der Waals surface area contributed by atoms with Gasteiger partial charge in [-0.3, -0.25) is 4.79 Å². The van der Waals surface area contributed by atoms with E-state index in [1.807, 2.05) is 0 Å². The summed E-state index contributed by atoms with van der Waals surface area (Å²) in [7, 11) is 1.06. The molecule has 0 fully saturated rings. The summed E-state index contributed by atoms with van der Waals surface area (Å²) in [6.45, 7) is 0. The Hall–Kier alpha value is -2.32. The second-order valence-electron chi connectivity index (χ2n) is 3.18. The largest absolute Gasteiger partial charge is 0.492 e. The van der Waals surface area contributed by atoms with Gasteiger partial charge >= 0.3 is 11.8 Å². The lowest BCUT2D eigenvalue weighted by Gasteiger charge is -2.08. The summed E-state index contributed by atoms with van der Waals surface area (Å²) < 4.78 is 30.0. The first-order valence-electron chi connectivity index (χ1n) is 4.59. The van der Waals surface area contributed by atoms with Gasteiger partial charge < -0.3 is 20.0 Å². The highest BCUT2D eigenvalue weighted by Crippen LogP contribution is 2.34. The second kappa shape index (κ2) is 5.34. The van der Waals surface area contributed by atoms with Crippen molar-refractivity contribution in [3.63, 3.8) is 0 Å². The molecule has 0 amide bonds. The lowest BCUT2D eigenvalue weighted by atomic mass is 10.1. The first-order valence-corrected chi connectivity index (χ1v) is 4.59. The molecule has 0 atom stereocenters. The van der Waals surface area contributed by atoms with Gasteiger partial charge in [0, 0.05) is 6.07 Å². The van der Waals surface area contributed by atoms with Gasteiger partial charge in [0.1, 0.15) is 6.42 Å². The summed E-state index contributed by atoms with van der Waals surface area (Å²) in [5, 5.41) is 19.1. The van der Waals surface area contributed by atoms with Crippen molar-refractivity contribution in [2.24, 2.45) is 0 Å². The maximum atomic E-state index is 12.7. The predicted molar refractivity (Wildman–Crippen MR) is 53.7 cm³/mol. The number of aliphatic carboxylic acids is 1. The van der Waals surface area contributed by atoms with E-state index in [1.165, 1.54) is 0 Å². The van der Waals surface area contributed by atoms with Crippen LogP contribution in [0, 0.1) is 10.1 Å². The molecule has 0 saturated carbocycles. The third-order valence-electron chi connectivity index (χ3n) is 2.00. The van der Waals surface area contributed by atoms with Crippen molar-refractivity contribution in [2.75, 3.05) is 7.11 Å². The number of ether oxygens (including phenoxy) is 1. The average molecular weight is 262 g/mol. The van der Waals surface area contributed by atoms with Gasteiger partial charge in [0.25, 0.3) is 6.43 Å². The van der Waals surface area contributed by atoms with Crippen LogP contribution in [0.5, 0.6) is 5.75 Å². The van der Waals surface area contributed by atoms with E-state index >= 15 is 0 Å². The molecule has 0 aromatic carbocycles. The van der Waals surface area contributed by atoms with Crippen LogP contribution in [-0.4, -0.2) is 28.1 Å². The van der Waals surface area contributed by atoms with E-state index in [-0.39, 0.29) is 0 Å². The molecule has 0 unspecified atom stereocenters. The molecule has 1 N–H and O–H groups in total. The molecule has 1 aromatic heterocycles. The molecule has 7 nitrogen and oxygen atoms in total. The third-order valence-corrected chi connectivity index (χ3v) is 2.00. The molecule has 18 heavy (non-hydrogen) atoms. The number of halogens is 2. The van der Waals surface area contributed by atoms with Crippen LogP contribution in [0.4, 0.5) is 14.6 Å². The Bertz CT molecular complexity index is 492. The number of methoxy groups -OCH3 is 1. The van der Waals surface area contributed by atoms with Gasteiger partial charge in [-0.25, -0.2) is 8.78 Å². The fraction of sp³-hybridized carbons (Fsp3) is 0.333. The minimum Gasteiger partial charge on any atom is -0.492 e. The van der Waals surface area contributed by atoms with Gasteiger partial charge in [-0.05, 0) is 9.91 Å². The van der Waals surface area contributed by atoms with Gasteiger partial charge in [0.15, 0.2) is 5.75 Å². The second-order valence-corrected chi connectivity index (χ2v) is 3.18. The zero-order chi connectivity index (χ0) is 13.9. The molecule has 0 spiro atoms. The number of pyridine rings is 1. The Morgan fingerprint density at radius 3 is 2.67 bits per heavy atom. The fourth-order valence-corrected chi connectivity index (χ4v) is 1.35. The minimum absolute atomic E-state index is 0.408. The van der Waals surface area contributed by atoms with E-state index in [0.717, 1.165) is 7.11 Å². The maximum Gasteiger partial charge on any atom is 0.364 e. The molecule has 0 aliphatic carbocycles. The standard InChI is InChI=1S/C9H8F2N2O5/c1-18-8-4(9(10)11)2-6(13(16)17)12-5(8)3-7(14)15/h2,9H,3H2,1H3,(H,14,15). The number of rotatable bonds is 5. The minimum atomic E-state index is -3.03. The highest BCUT2D eigenvalue weighted by Gasteiger charge is 2.27. The van der Waals surface area contributed by atoms with Crippen molar-refractivity contribution < 1.29 is 28.3 Å². The molecular weight excluding hydrogens is 254 g/mol. The Morgan fingerprint density at radius 1 is 1.67 bits per heavy atom. The van der Waals surface area contributed by atoms with Crippen LogP contribution in [0.15, 0.2) is 6.07 Å². The summed E-state index contributed by atoms with van der Waals surface area (Å²) in [5.74, 6) is -2.65. The van der Waals surface area contributed by atoms with Crippen molar-refractivity contribution >= 4 is 11.8 Å². The molecule has 0 aliphatic heterocycles. The predicted octanol–water partition coefficient (Wildman–Crippen LogP) is 1.56. The molecule has 98 valence electrons. The monoisotopic (exact) mass is 262 g/mol. The average Bonchev–Trinajstić information content (AvgIpc) is 2.26. The van der Waals surface area contributed by atoms with Crippen molar-refractivity contribution in [3.05, 3.63) is 27.4 Å². The SMILES string of the molecule is COc1c(C(F)F)cc([N+](=O)[O-])nc1CC(=O)O. The first-order chi connectivity index (χ1) is 8.36. The Balaban J connectivity index is 3.45. The lowest BCUT2D eigenvalue weighted by Crippen LogP contribution is -2.09. The number of aromatic nitrogens is 1. The lowest BCUT2D eigenvalue weighted by molar-refractivity contribution is -0.389. The van der Waals surface area contributed by atoms with Crippen molar-refractivity contribution in [1.29, 1.82) is 0 Å². The van der Waals surface area contributed by atoms with Crippen molar-refractivity contribution in [1.82, 2.24) is 4.98 Å². The van der Waals surface area contributed by atoms with E-state index in [2.05, 4.69) is 9.72 Å². The van der Waals surface area contributed by atoms with Crippen LogP contribution in [0.2, 0.25) is 0 Å². The maximum absolute atomic E-state index is 12.7. The van der Waals surface area contributed by atoms with Gasteiger partial charge in [-0.1, -0.05) is 0 Å². The van der Waals surface area contributed by atoms with E-state index in [0.29, 0.717) is 6.07 Å². The highest BCUT2D eigenvalue weighted by atomic mass is 19.3. The van der Waals surface area contributed by atoms with E-state index in [1.54, 1.807) is 0 Å². The van der Waals surface area contributed by atoms with E-state index in [9.17, 15) is 23.7 Å². The molecule has 1 aromatic rings. The van der Waals surface area contributed by atoms with Gasteiger partial charge in [0.2, 0.25) is 5.69 Å². The number of carboxylic acid groups (broad SMARTS) is 1. The highest BCUT2D eigenvalue weighted by molar-refractivity contribution is 5.71. The summed E-state index contributed by atoms with van der Waals surface area (Å²) in [6.07, 6.45) is -3.78. The normalized spacial score (nSPS) is 10.4. The fourth-order valence-electron chi connectivity index (χ4n) is 1.35. The van der Waals surface area contributed by atoms with Crippen LogP contribution < -0.4 is 4.74 Å². The molecule has 0 saturated heterocycles. The molecule has 0 radical (unpaired) electrons. The zero-order valence-electron chi connectivity index (χ0n) is 9.09. The summed E-state index contributed by atoms with van der Waals surface area (Å²) in [4.78, 5) is 23.5. The van der Waals surface area contributed by atoms with E-state index < -0.39 is 46.6 Å². The van der Waals surface area contributed by atoms with Gasteiger partial charge in [-0.2, -0.15) is 0 Å². The number of carbonyl (C=O) groups is 1. The van der Waals surface area contributed by atoms with E-state index in [4.69, 9.17) is 5.11 Å². The Kier molecular flexibility index (Phi) is 4.08. The van der Waals surface area contributed by atoms with Gasteiger partial charge in [-0.15, -0.1) is 0 Å². The van der Waals surface area contributed by atoms with Crippen LogP contribution in [0.1, 0.15) is 17.7 Å². The molecule has 0 bridgehead atoms. The molecule has 0 aliphatic rings. The summed E-state index contributed by atoms with van der Waals surface area (Å²) >= 11 is 0. The van der Waals surface area contributed by atoms with Crippen LogP contribution in [-0.2, 0) is 11.2 Å². The Morgan fingerprint density at radius 2 is 2.28 bits per heavy atom. The summed E-state index contributed by atoms with van der Waals surface area (Å²) in [6, 6.07) is 0.564. The number of carboxylic acids is 1. The number of hydrogen-bond acceptors (Lipinski definition) is 5. The quantitative estimate of drug-likeness (QED) is 0.638. The van der Waals surface area contributed by atoms with Crippen LogP contribution >= 0.6 is 0 Å². The molecule has 1 heterocycles. The van der Waals surface area contributed by atoms with Crippen LogP contribution in [0.25, 0.3) is 0 Å². The van der Waals surface area contributed by atoms with Crippen LogP contribution in [0.3, 0.4) is 0 Å². The first kappa shape index (κ1) is 13.7. The smallest absolute Gasteiger partial charge is 0.364 e. The number of hydrogen-bond donors (Lipinski definition) is 1. The summed E-state index contributed by atoms with van der Waals surface area (Å²) in [5.41, 5.74) is -1.16. The zero-order valence-corrected chi connectivity index (χ0v) is 9.09. The van der Waals surface area contributed by atoms with Crippen molar-refractivity contribution in [3.8, 4) is 5.75 Å². The van der Waals surface area contributed by atoms with Crippen molar-refractivity contribution in [2.45, 2.75) is 12.8 Å². The number of nitrogens with zero attached hydrogens (tertiary/aromatic N) is 2. The molecule has 1 rings (SSSR count). The number of alkyl halides is 2. The molecule has 9 heteroatoms. The van der Waals surface area contributed by atoms with Gasteiger partial charge in [0.05, 0.1) is 12.7 Å². The molecular formula is C9H8F2N2O5.